The number of nitrogens with zero attached hydrogens (tertiary/aromatic N) is 3. The van der Waals surface area contributed by atoms with Gasteiger partial charge in [0.05, 0.1) is 5.69 Å². The van der Waals surface area contributed by atoms with Crippen LogP contribution in [0.3, 0.4) is 0 Å². The van der Waals surface area contributed by atoms with Crippen molar-refractivity contribution in [2.24, 2.45) is 0 Å². The van der Waals surface area contributed by atoms with E-state index in [1.807, 2.05) is 6.92 Å². The first kappa shape index (κ1) is 11.3. The Morgan fingerprint density at radius 3 is 2.88 bits per heavy atom. The third-order valence-electron chi connectivity index (χ3n) is 3.12. The lowest BCUT2D eigenvalue weighted by Gasteiger charge is -2.29. The zero-order valence-electron chi connectivity index (χ0n) is 10.1. The van der Waals surface area contributed by atoms with Gasteiger partial charge in [0.25, 0.3) is 0 Å². The Morgan fingerprint density at radius 2 is 2.19 bits per heavy atom. The van der Waals surface area contributed by atoms with E-state index >= 15 is 0 Å². The highest BCUT2D eigenvalue weighted by Gasteiger charge is 2.16. The van der Waals surface area contributed by atoms with Crippen LogP contribution >= 0.6 is 0 Å². The van der Waals surface area contributed by atoms with E-state index in [1.165, 1.54) is 19.3 Å². The number of aromatic nitrogens is 2. The summed E-state index contributed by atoms with van der Waals surface area (Å²) in [5.41, 5.74) is 1.00. The summed E-state index contributed by atoms with van der Waals surface area (Å²) in [6.45, 7) is 4.17. The Hall–Kier alpha value is -1.16. The maximum atomic E-state index is 4.38. The lowest BCUT2D eigenvalue weighted by Crippen LogP contribution is -2.42. The van der Waals surface area contributed by atoms with E-state index in [0.717, 1.165) is 24.6 Å². The van der Waals surface area contributed by atoms with Crippen LogP contribution in [0.4, 0.5) is 5.82 Å². The third kappa shape index (κ3) is 2.70. The van der Waals surface area contributed by atoms with Gasteiger partial charge in [-0.2, -0.15) is 0 Å². The van der Waals surface area contributed by atoms with Gasteiger partial charge in [-0.25, -0.2) is 4.98 Å². The van der Waals surface area contributed by atoms with E-state index in [1.54, 1.807) is 12.4 Å². The Balaban J connectivity index is 1.96. The number of anilines is 1. The van der Waals surface area contributed by atoms with Crippen molar-refractivity contribution < 1.29 is 0 Å². The molecule has 1 saturated heterocycles. The molecule has 0 saturated carbocycles. The highest BCUT2D eigenvalue weighted by molar-refractivity contribution is 5.41. The van der Waals surface area contributed by atoms with E-state index in [0.29, 0.717) is 6.04 Å². The van der Waals surface area contributed by atoms with Crippen LogP contribution in [0.5, 0.6) is 0 Å². The number of likely N-dealkylation sites (N-methyl/N-ethyl adjacent to an activating group) is 1. The maximum Gasteiger partial charge on any atom is 0.149 e. The number of aryl methyl sites for hydroxylation is 1. The van der Waals surface area contributed by atoms with Crippen LogP contribution in [0.1, 0.15) is 25.0 Å². The van der Waals surface area contributed by atoms with Crippen molar-refractivity contribution in [2.45, 2.75) is 32.2 Å². The molecule has 0 bridgehead atoms. The minimum absolute atomic E-state index is 0.597. The second-order valence-corrected chi connectivity index (χ2v) is 4.49. The van der Waals surface area contributed by atoms with Gasteiger partial charge in [0.1, 0.15) is 5.82 Å². The normalized spacial score (nSPS) is 20.8. The molecule has 0 radical (unpaired) electrons. The zero-order chi connectivity index (χ0) is 11.4. The van der Waals surface area contributed by atoms with Gasteiger partial charge >= 0.3 is 0 Å². The molecule has 2 rings (SSSR count). The average molecular weight is 220 g/mol. The average Bonchev–Trinajstić information content (AvgIpc) is 2.31. The maximum absolute atomic E-state index is 4.38. The van der Waals surface area contributed by atoms with Crippen LogP contribution in [-0.2, 0) is 0 Å². The summed E-state index contributed by atoms with van der Waals surface area (Å²) in [4.78, 5) is 10.8. The van der Waals surface area contributed by atoms with Gasteiger partial charge in [0.2, 0.25) is 0 Å². The van der Waals surface area contributed by atoms with Gasteiger partial charge in [-0.05, 0) is 26.3 Å². The molecule has 1 aliphatic heterocycles. The fraction of sp³-hybridized carbons (Fsp3) is 0.667. The standard InChI is InChI=1S/C12H20N4/c1-10-12(15-8-7-13-10)16(2)9-11-5-3-4-6-14-11/h7-8,11,14H,3-6,9H2,1-2H3/t11-/m0/s1. The Bertz CT molecular complexity index is 334. The Kier molecular flexibility index (Phi) is 3.72. The summed E-state index contributed by atoms with van der Waals surface area (Å²) in [5, 5.41) is 3.55. The fourth-order valence-electron chi connectivity index (χ4n) is 2.27. The van der Waals surface area contributed by atoms with E-state index in [-0.39, 0.29) is 0 Å². The van der Waals surface area contributed by atoms with Crippen molar-refractivity contribution in [3.63, 3.8) is 0 Å². The largest absolute Gasteiger partial charge is 0.357 e. The molecule has 1 atom stereocenters. The highest BCUT2D eigenvalue weighted by Crippen LogP contribution is 2.14. The zero-order valence-corrected chi connectivity index (χ0v) is 10.1. The first-order valence-electron chi connectivity index (χ1n) is 5.99. The summed E-state index contributed by atoms with van der Waals surface area (Å²) in [6.07, 6.45) is 7.41. The molecular formula is C12H20N4. The van der Waals surface area contributed by atoms with Crippen molar-refractivity contribution in [3.05, 3.63) is 18.1 Å². The van der Waals surface area contributed by atoms with Crippen molar-refractivity contribution in [1.82, 2.24) is 15.3 Å². The summed E-state index contributed by atoms with van der Waals surface area (Å²) >= 11 is 0. The summed E-state index contributed by atoms with van der Waals surface area (Å²) in [6, 6.07) is 0.597. The molecule has 1 aliphatic rings. The molecule has 0 aliphatic carbocycles. The van der Waals surface area contributed by atoms with E-state index in [2.05, 4.69) is 27.2 Å². The molecule has 2 heterocycles. The third-order valence-corrected chi connectivity index (χ3v) is 3.12. The Labute approximate surface area is 97.1 Å². The van der Waals surface area contributed by atoms with Gasteiger partial charge in [-0.3, -0.25) is 4.98 Å². The van der Waals surface area contributed by atoms with Crippen LogP contribution < -0.4 is 10.2 Å². The molecule has 1 N–H and O–H groups in total. The molecule has 1 aromatic heterocycles. The molecule has 0 amide bonds. The minimum atomic E-state index is 0.597. The van der Waals surface area contributed by atoms with E-state index in [9.17, 15) is 0 Å². The van der Waals surface area contributed by atoms with Crippen LogP contribution in [0.2, 0.25) is 0 Å². The quantitative estimate of drug-likeness (QED) is 0.835. The van der Waals surface area contributed by atoms with Gasteiger partial charge in [0, 0.05) is 32.0 Å². The number of hydrogen-bond acceptors (Lipinski definition) is 4. The molecule has 0 spiro atoms. The van der Waals surface area contributed by atoms with Crippen LogP contribution in [-0.4, -0.2) is 36.1 Å². The van der Waals surface area contributed by atoms with Crippen LogP contribution in [0, 0.1) is 6.92 Å². The number of rotatable bonds is 3. The highest BCUT2D eigenvalue weighted by atomic mass is 15.2. The first-order chi connectivity index (χ1) is 7.77. The predicted molar refractivity (Wildman–Crippen MR) is 65.7 cm³/mol. The molecule has 88 valence electrons. The van der Waals surface area contributed by atoms with Crippen molar-refractivity contribution in [1.29, 1.82) is 0 Å². The second kappa shape index (κ2) is 5.25. The summed E-state index contributed by atoms with van der Waals surface area (Å²) in [5.74, 6) is 0.995. The van der Waals surface area contributed by atoms with Gasteiger partial charge in [-0.1, -0.05) is 6.42 Å². The summed E-state index contributed by atoms with van der Waals surface area (Å²) in [7, 11) is 2.09. The van der Waals surface area contributed by atoms with Crippen molar-refractivity contribution >= 4 is 5.82 Å². The lowest BCUT2D eigenvalue weighted by atomic mass is 10.0. The number of hydrogen-bond donors (Lipinski definition) is 1. The molecular weight excluding hydrogens is 200 g/mol. The molecule has 0 unspecified atom stereocenters. The molecule has 16 heavy (non-hydrogen) atoms. The minimum Gasteiger partial charge on any atom is -0.357 e. The van der Waals surface area contributed by atoms with Gasteiger partial charge in [0.15, 0.2) is 0 Å². The summed E-state index contributed by atoms with van der Waals surface area (Å²) < 4.78 is 0. The van der Waals surface area contributed by atoms with Crippen LogP contribution in [0.25, 0.3) is 0 Å². The molecule has 1 fully saturated rings. The lowest BCUT2D eigenvalue weighted by molar-refractivity contribution is 0.402. The molecule has 4 heteroatoms. The predicted octanol–water partition coefficient (Wildman–Crippen LogP) is 1.36. The number of piperidine rings is 1. The topological polar surface area (TPSA) is 41.1 Å². The molecule has 4 nitrogen and oxygen atoms in total. The number of nitrogens with one attached hydrogen (secondary N) is 1. The van der Waals surface area contributed by atoms with E-state index in [4.69, 9.17) is 0 Å². The molecule has 0 aromatic carbocycles. The Morgan fingerprint density at radius 1 is 1.38 bits per heavy atom. The SMILES string of the molecule is Cc1nccnc1N(C)C[C@@H]1CCCCN1. The first-order valence-corrected chi connectivity index (χ1v) is 5.99. The van der Waals surface area contributed by atoms with Gasteiger partial charge < -0.3 is 10.2 Å². The smallest absolute Gasteiger partial charge is 0.149 e. The van der Waals surface area contributed by atoms with Gasteiger partial charge in [-0.15, -0.1) is 0 Å². The fourth-order valence-corrected chi connectivity index (χ4v) is 2.27. The van der Waals surface area contributed by atoms with Crippen molar-refractivity contribution in [2.75, 3.05) is 25.0 Å². The van der Waals surface area contributed by atoms with Crippen molar-refractivity contribution in [3.8, 4) is 0 Å². The monoisotopic (exact) mass is 220 g/mol. The van der Waals surface area contributed by atoms with Crippen LogP contribution in [0.15, 0.2) is 12.4 Å². The molecule has 1 aromatic rings. The van der Waals surface area contributed by atoms with E-state index < -0.39 is 0 Å². The second-order valence-electron chi connectivity index (χ2n) is 4.49.